The molecule has 1 N–H and O–H groups in total. The van der Waals surface area contributed by atoms with Gasteiger partial charge < -0.3 is 24.3 Å². The van der Waals surface area contributed by atoms with Crippen LogP contribution in [-0.2, 0) is 22.6 Å². The Kier molecular flexibility index (Phi) is 8.25. The molecule has 1 saturated heterocycles. The molecule has 3 aromatic rings. The number of nitrogens with zero attached hydrogens (tertiary/aromatic N) is 2. The fourth-order valence-corrected chi connectivity index (χ4v) is 4.68. The Bertz CT molecular complexity index is 1240. The van der Waals surface area contributed by atoms with Crippen LogP contribution in [0.15, 0.2) is 48.7 Å². The number of Topliss-reactive ketones (excluding diaryl/α,β-unsaturated/α-hetero) is 1. The second-order valence-electron chi connectivity index (χ2n) is 9.01. The molecule has 2 amide bonds. The zero-order chi connectivity index (χ0) is 25.5. The topological polar surface area (TPSA) is 89.9 Å². The smallest absolute Gasteiger partial charge is 0.292 e. The number of methoxy groups -OCH3 is 2. The lowest BCUT2D eigenvalue weighted by molar-refractivity contribution is -0.131. The number of aromatic nitrogens is 1. The molecule has 4 rings (SSSR count). The number of fused-ring (bicyclic) bond motifs is 1. The molecule has 36 heavy (non-hydrogen) atoms. The summed E-state index contributed by atoms with van der Waals surface area (Å²) >= 11 is 0. The van der Waals surface area contributed by atoms with Crippen LogP contribution < -0.4 is 14.8 Å². The molecule has 8 heteroatoms. The lowest BCUT2D eigenvalue weighted by Crippen LogP contribution is -2.34. The minimum absolute atomic E-state index is 0.0380. The standard InChI is InChI=1S/C28H33N3O5/c1-35-24-12-11-20(17-25(24)36-2)13-14-29-28(34)27(33)22-18-31(23-10-6-5-9-21(22)23)19-26(32)30-15-7-3-4-8-16-30/h5-6,9-12,17-18H,3-4,7-8,13-16,19H2,1-2H3,(H,29,34). The van der Waals surface area contributed by atoms with Crippen molar-refractivity contribution in [1.82, 2.24) is 14.8 Å². The van der Waals surface area contributed by atoms with Gasteiger partial charge in [0.2, 0.25) is 5.91 Å². The predicted octanol–water partition coefficient (Wildman–Crippen LogP) is 3.60. The first-order valence-corrected chi connectivity index (χ1v) is 12.4. The van der Waals surface area contributed by atoms with Crippen molar-refractivity contribution in [1.29, 1.82) is 0 Å². The second-order valence-corrected chi connectivity index (χ2v) is 9.01. The summed E-state index contributed by atoms with van der Waals surface area (Å²) < 4.78 is 12.4. The molecule has 0 atom stereocenters. The van der Waals surface area contributed by atoms with Gasteiger partial charge in [0.25, 0.3) is 11.7 Å². The van der Waals surface area contributed by atoms with Crippen LogP contribution in [0.4, 0.5) is 0 Å². The van der Waals surface area contributed by atoms with E-state index in [1.165, 1.54) is 0 Å². The molecule has 0 bridgehead atoms. The Labute approximate surface area is 211 Å². The Morgan fingerprint density at radius 1 is 0.917 bits per heavy atom. The molecule has 0 radical (unpaired) electrons. The van der Waals surface area contributed by atoms with Gasteiger partial charge in [0.1, 0.15) is 6.54 Å². The summed E-state index contributed by atoms with van der Waals surface area (Å²) in [5, 5.41) is 3.39. The summed E-state index contributed by atoms with van der Waals surface area (Å²) in [7, 11) is 3.14. The van der Waals surface area contributed by atoms with Gasteiger partial charge in [-0.25, -0.2) is 0 Å². The Morgan fingerprint density at radius 3 is 2.36 bits per heavy atom. The molecule has 0 unspecified atom stereocenters. The molecular weight excluding hydrogens is 458 g/mol. The molecule has 190 valence electrons. The van der Waals surface area contributed by atoms with Crippen molar-refractivity contribution < 1.29 is 23.9 Å². The molecule has 0 spiro atoms. The zero-order valence-electron chi connectivity index (χ0n) is 20.9. The van der Waals surface area contributed by atoms with Crippen molar-refractivity contribution in [2.45, 2.75) is 38.6 Å². The van der Waals surface area contributed by atoms with Gasteiger partial charge >= 0.3 is 0 Å². The lowest BCUT2D eigenvalue weighted by Gasteiger charge is -2.20. The molecule has 1 aliphatic heterocycles. The summed E-state index contributed by atoms with van der Waals surface area (Å²) in [6, 6.07) is 12.9. The van der Waals surface area contributed by atoms with E-state index in [0.29, 0.717) is 35.4 Å². The van der Waals surface area contributed by atoms with Crippen molar-refractivity contribution in [3.05, 3.63) is 59.8 Å². The first kappa shape index (κ1) is 25.3. The first-order valence-electron chi connectivity index (χ1n) is 12.4. The van der Waals surface area contributed by atoms with E-state index in [9.17, 15) is 14.4 Å². The largest absolute Gasteiger partial charge is 0.493 e. The Morgan fingerprint density at radius 2 is 1.64 bits per heavy atom. The van der Waals surface area contributed by atoms with Gasteiger partial charge in [0.15, 0.2) is 11.5 Å². The van der Waals surface area contributed by atoms with Gasteiger partial charge in [-0.2, -0.15) is 0 Å². The van der Waals surface area contributed by atoms with Crippen molar-refractivity contribution in [2.24, 2.45) is 0 Å². The highest BCUT2D eigenvalue weighted by molar-refractivity contribution is 6.45. The fourth-order valence-electron chi connectivity index (χ4n) is 4.68. The minimum Gasteiger partial charge on any atom is -0.493 e. The third kappa shape index (κ3) is 5.70. The third-order valence-corrected chi connectivity index (χ3v) is 6.65. The van der Waals surface area contributed by atoms with Crippen LogP contribution in [0.5, 0.6) is 11.5 Å². The van der Waals surface area contributed by atoms with E-state index in [4.69, 9.17) is 9.47 Å². The summed E-state index contributed by atoms with van der Waals surface area (Å²) in [4.78, 5) is 40.7. The Balaban J connectivity index is 1.43. The van der Waals surface area contributed by atoms with Crippen molar-refractivity contribution in [2.75, 3.05) is 33.9 Å². The lowest BCUT2D eigenvalue weighted by atomic mass is 10.1. The maximum Gasteiger partial charge on any atom is 0.292 e. The number of benzene rings is 2. The molecule has 0 saturated carbocycles. The number of hydrogen-bond acceptors (Lipinski definition) is 5. The van der Waals surface area contributed by atoms with Crippen molar-refractivity contribution in [3.8, 4) is 11.5 Å². The molecule has 2 heterocycles. The summed E-state index contributed by atoms with van der Waals surface area (Å²) in [6.45, 7) is 1.99. The van der Waals surface area contributed by atoms with Gasteiger partial charge in [0, 0.05) is 36.7 Å². The number of para-hydroxylation sites is 1. The highest BCUT2D eigenvalue weighted by Gasteiger charge is 2.23. The van der Waals surface area contributed by atoms with Gasteiger partial charge in [0.05, 0.1) is 19.8 Å². The maximum atomic E-state index is 13.1. The molecule has 1 fully saturated rings. The van der Waals surface area contributed by atoms with Gasteiger partial charge in [-0.05, 0) is 43.0 Å². The molecule has 0 aliphatic carbocycles. The van der Waals surface area contributed by atoms with E-state index in [1.54, 1.807) is 25.0 Å². The molecule has 2 aromatic carbocycles. The minimum atomic E-state index is -0.669. The number of carbonyl (C=O) groups is 3. The number of rotatable bonds is 9. The zero-order valence-corrected chi connectivity index (χ0v) is 20.9. The average molecular weight is 492 g/mol. The summed E-state index contributed by atoms with van der Waals surface area (Å²) in [5.74, 6) is -0.00107. The monoisotopic (exact) mass is 491 g/mol. The van der Waals surface area contributed by atoms with E-state index in [2.05, 4.69) is 5.32 Å². The number of carbonyl (C=O) groups excluding carboxylic acids is 3. The first-order chi connectivity index (χ1) is 17.5. The van der Waals surface area contributed by atoms with Crippen molar-refractivity contribution >= 4 is 28.5 Å². The van der Waals surface area contributed by atoms with Crippen LogP contribution >= 0.6 is 0 Å². The van der Waals surface area contributed by atoms with Gasteiger partial charge in [-0.15, -0.1) is 0 Å². The SMILES string of the molecule is COc1ccc(CCNC(=O)C(=O)c2cn(CC(=O)N3CCCCCC3)c3ccccc23)cc1OC. The molecule has 1 aromatic heterocycles. The number of amides is 2. The van der Waals surface area contributed by atoms with Crippen LogP contribution in [0.25, 0.3) is 10.9 Å². The molecule has 1 aliphatic rings. The predicted molar refractivity (Wildman–Crippen MR) is 138 cm³/mol. The third-order valence-electron chi connectivity index (χ3n) is 6.65. The van der Waals surface area contributed by atoms with E-state index in [1.807, 2.05) is 47.4 Å². The van der Waals surface area contributed by atoms with Gasteiger partial charge in [-0.1, -0.05) is 37.1 Å². The summed E-state index contributed by atoms with van der Waals surface area (Å²) in [5.41, 5.74) is 2.02. The second kappa shape index (κ2) is 11.7. The number of hydrogen-bond donors (Lipinski definition) is 1. The molecular formula is C28H33N3O5. The number of likely N-dealkylation sites (tertiary alicyclic amines) is 1. The number of nitrogens with one attached hydrogen (secondary N) is 1. The van der Waals surface area contributed by atoms with E-state index in [-0.39, 0.29) is 12.5 Å². The van der Waals surface area contributed by atoms with Gasteiger partial charge in [-0.3, -0.25) is 14.4 Å². The van der Waals surface area contributed by atoms with E-state index < -0.39 is 11.7 Å². The van der Waals surface area contributed by atoms with Crippen LogP contribution in [0.3, 0.4) is 0 Å². The fraction of sp³-hybridized carbons (Fsp3) is 0.393. The Hall–Kier alpha value is -3.81. The highest BCUT2D eigenvalue weighted by Crippen LogP contribution is 2.27. The normalized spacial score (nSPS) is 13.8. The van der Waals surface area contributed by atoms with E-state index >= 15 is 0 Å². The van der Waals surface area contributed by atoms with Crippen LogP contribution in [-0.4, -0.2) is 60.9 Å². The van der Waals surface area contributed by atoms with Crippen LogP contribution in [0.2, 0.25) is 0 Å². The van der Waals surface area contributed by atoms with Crippen molar-refractivity contribution in [3.63, 3.8) is 0 Å². The quantitative estimate of drug-likeness (QED) is 0.365. The van der Waals surface area contributed by atoms with Crippen LogP contribution in [0.1, 0.15) is 41.6 Å². The molecule has 8 nitrogen and oxygen atoms in total. The number of ketones is 1. The average Bonchev–Trinajstić information content (AvgIpc) is 3.06. The highest BCUT2D eigenvalue weighted by atomic mass is 16.5. The van der Waals surface area contributed by atoms with Crippen LogP contribution in [0, 0.1) is 0 Å². The maximum absolute atomic E-state index is 13.1. The van der Waals surface area contributed by atoms with E-state index in [0.717, 1.165) is 49.9 Å². The summed E-state index contributed by atoms with van der Waals surface area (Å²) in [6.07, 6.45) is 6.50. The number of ether oxygens (including phenoxy) is 2.